The van der Waals surface area contributed by atoms with Crippen LogP contribution in [0.15, 0.2) is 42.7 Å². The molecular formula is C19H21F3N4. The van der Waals surface area contributed by atoms with Crippen LogP contribution in [0.1, 0.15) is 37.4 Å². The fourth-order valence-corrected chi connectivity index (χ4v) is 2.84. The maximum atomic E-state index is 12.5. The molecule has 4 nitrogen and oxygen atoms in total. The van der Waals surface area contributed by atoms with Crippen molar-refractivity contribution < 1.29 is 13.2 Å². The summed E-state index contributed by atoms with van der Waals surface area (Å²) in [5, 5.41) is 8.52. The quantitative estimate of drug-likeness (QED) is 0.662. The van der Waals surface area contributed by atoms with Crippen LogP contribution < -0.4 is 5.32 Å². The molecule has 0 atom stereocenters. The van der Waals surface area contributed by atoms with E-state index in [0.29, 0.717) is 12.1 Å². The molecule has 138 valence electrons. The summed E-state index contributed by atoms with van der Waals surface area (Å²) in [6.45, 7) is 4.57. The SMILES string of the molecule is CC(C)n1ncc2cc(CNc3ccccc3CCC(F)(F)F)cnc21. The van der Waals surface area contributed by atoms with Crippen molar-refractivity contribution in [3.05, 3.63) is 53.9 Å². The second-order valence-corrected chi connectivity index (χ2v) is 6.57. The first-order valence-corrected chi connectivity index (χ1v) is 8.54. The van der Waals surface area contributed by atoms with Crippen molar-refractivity contribution in [1.82, 2.24) is 14.8 Å². The van der Waals surface area contributed by atoms with Gasteiger partial charge in [-0.25, -0.2) is 9.67 Å². The van der Waals surface area contributed by atoms with E-state index in [1.807, 2.05) is 30.7 Å². The number of para-hydroxylation sites is 1. The highest BCUT2D eigenvalue weighted by atomic mass is 19.4. The van der Waals surface area contributed by atoms with Crippen molar-refractivity contribution in [3.63, 3.8) is 0 Å². The first-order chi connectivity index (χ1) is 12.3. The predicted molar refractivity (Wildman–Crippen MR) is 96.1 cm³/mol. The lowest BCUT2D eigenvalue weighted by Crippen LogP contribution is -2.10. The van der Waals surface area contributed by atoms with E-state index < -0.39 is 12.6 Å². The van der Waals surface area contributed by atoms with Crippen molar-refractivity contribution >= 4 is 16.7 Å². The van der Waals surface area contributed by atoms with Gasteiger partial charge in [-0.15, -0.1) is 0 Å². The number of nitrogens with one attached hydrogen (secondary N) is 1. The van der Waals surface area contributed by atoms with Gasteiger partial charge in [-0.1, -0.05) is 18.2 Å². The van der Waals surface area contributed by atoms with E-state index in [0.717, 1.165) is 22.3 Å². The highest BCUT2D eigenvalue weighted by Gasteiger charge is 2.26. The molecule has 0 fully saturated rings. The molecule has 0 spiro atoms. The van der Waals surface area contributed by atoms with Gasteiger partial charge in [-0.2, -0.15) is 18.3 Å². The molecule has 1 aromatic carbocycles. The normalized spacial score (nSPS) is 12.1. The van der Waals surface area contributed by atoms with Crippen LogP contribution in [0.2, 0.25) is 0 Å². The Morgan fingerprint density at radius 2 is 1.92 bits per heavy atom. The molecule has 0 aliphatic heterocycles. The van der Waals surface area contributed by atoms with E-state index in [1.165, 1.54) is 0 Å². The number of halogens is 3. The Morgan fingerprint density at radius 3 is 2.65 bits per heavy atom. The maximum absolute atomic E-state index is 12.5. The molecule has 3 rings (SSSR count). The van der Waals surface area contributed by atoms with Gasteiger partial charge >= 0.3 is 6.18 Å². The number of hydrogen-bond donors (Lipinski definition) is 1. The second kappa shape index (κ2) is 7.35. The Hall–Kier alpha value is -2.57. The summed E-state index contributed by atoms with van der Waals surface area (Å²) in [6.07, 6.45) is -1.46. The van der Waals surface area contributed by atoms with Gasteiger partial charge in [0.15, 0.2) is 5.65 Å². The molecule has 2 heterocycles. The summed E-state index contributed by atoms with van der Waals surface area (Å²) in [5.74, 6) is 0. The lowest BCUT2D eigenvalue weighted by Gasteiger charge is -2.13. The van der Waals surface area contributed by atoms with Crippen molar-refractivity contribution in [2.45, 2.75) is 45.5 Å². The Balaban J connectivity index is 1.72. The Bertz CT molecular complexity index is 884. The summed E-state index contributed by atoms with van der Waals surface area (Å²) >= 11 is 0. The minimum atomic E-state index is -4.15. The van der Waals surface area contributed by atoms with E-state index in [4.69, 9.17) is 0 Å². The molecule has 2 aromatic heterocycles. The van der Waals surface area contributed by atoms with Crippen LogP contribution >= 0.6 is 0 Å². The third kappa shape index (κ3) is 4.33. The van der Waals surface area contributed by atoms with Gasteiger partial charge < -0.3 is 5.32 Å². The zero-order valence-corrected chi connectivity index (χ0v) is 14.7. The molecule has 0 aliphatic carbocycles. The Morgan fingerprint density at radius 1 is 1.15 bits per heavy atom. The molecule has 0 saturated carbocycles. The molecule has 0 bridgehead atoms. The van der Waals surface area contributed by atoms with Gasteiger partial charge in [0.25, 0.3) is 0 Å². The fraction of sp³-hybridized carbons (Fsp3) is 0.368. The molecule has 0 unspecified atom stereocenters. The fourth-order valence-electron chi connectivity index (χ4n) is 2.84. The molecule has 7 heteroatoms. The number of fused-ring (bicyclic) bond motifs is 1. The number of anilines is 1. The molecule has 3 aromatic rings. The number of aromatic nitrogens is 3. The van der Waals surface area contributed by atoms with Crippen LogP contribution in [0.5, 0.6) is 0 Å². The zero-order chi connectivity index (χ0) is 18.7. The Kier molecular flexibility index (Phi) is 5.15. The largest absolute Gasteiger partial charge is 0.389 e. The number of hydrogen-bond acceptors (Lipinski definition) is 3. The van der Waals surface area contributed by atoms with E-state index in [2.05, 4.69) is 15.4 Å². The first kappa shape index (κ1) is 18.2. The summed E-state index contributed by atoms with van der Waals surface area (Å²) < 4.78 is 39.3. The minimum Gasteiger partial charge on any atom is -0.381 e. The van der Waals surface area contributed by atoms with Crippen molar-refractivity contribution in [2.75, 3.05) is 5.32 Å². The maximum Gasteiger partial charge on any atom is 0.389 e. The van der Waals surface area contributed by atoms with Crippen molar-refractivity contribution in [1.29, 1.82) is 0 Å². The van der Waals surface area contributed by atoms with Gasteiger partial charge in [-0.05, 0) is 43.5 Å². The van der Waals surface area contributed by atoms with Gasteiger partial charge in [0.2, 0.25) is 0 Å². The van der Waals surface area contributed by atoms with Crippen LogP contribution in [0, 0.1) is 0 Å². The third-order valence-corrected chi connectivity index (χ3v) is 4.16. The number of benzene rings is 1. The molecule has 0 amide bonds. The second-order valence-electron chi connectivity index (χ2n) is 6.57. The molecule has 1 N–H and O–H groups in total. The number of pyridine rings is 1. The number of alkyl halides is 3. The zero-order valence-electron chi connectivity index (χ0n) is 14.7. The topological polar surface area (TPSA) is 42.7 Å². The van der Waals surface area contributed by atoms with E-state index in [1.54, 1.807) is 30.6 Å². The van der Waals surface area contributed by atoms with Crippen LogP contribution in [-0.4, -0.2) is 20.9 Å². The standard InChI is InChI=1S/C19H21F3N4/c1-13(2)26-18-16(12-25-26)9-14(11-24-18)10-23-17-6-4-3-5-15(17)7-8-19(20,21)22/h3-6,9,11-13,23H,7-8,10H2,1-2H3. The van der Waals surface area contributed by atoms with Crippen molar-refractivity contribution in [3.8, 4) is 0 Å². The van der Waals surface area contributed by atoms with Crippen LogP contribution in [0.4, 0.5) is 18.9 Å². The first-order valence-electron chi connectivity index (χ1n) is 8.54. The summed E-state index contributed by atoms with van der Waals surface area (Å²) in [5.41, 5.74) is 3.15. The predicted octanol–water partition coefficient (Wildman–Crippen LogP) is 5.12. The molecule has 0 aliphatic rings. The third-order valence-electron chi connectivity index (χ3n) is 4.16. The summed E-state index contributed by atoms with van der Waals surface area (Å²) in [7, 11) is 0. The van der Waals surface area contributed by atoms with Gasteiger partial charge in [0, 0.05) is 36.3 Å². The minimum absolute atomic E-state index is 0.0366. The van der Waals surface area contributed by atoms with Crippen molar-refractivity contribution in [2.24, 2.45) is 0 Å². The number of aryl methyl sites for hydroxylation is 1. The molecule has 0 saturated heterocycles. The highest BCUT2D eigenvalue weighted by molar-refractivity contribution is 5.75. The monoisotopic (exact) mass is 362 g/mol. The van der Waals surface area contributed by atoms with E-state index >= 15 is 0 Å². The average molecular weight is 362 g/mol. The van der Waals surface area contributed by atoms with E-state index in [-0.39, 0.29) is 12.5 Å². The smallest absolute Gasteiger partial charge is 0.381 e. The molecule has 26 heavy (non-hydrogen) atoms. The lowest BCUT2D eigenvalue weighted by molar-refractivity contribution is -0.133. The molecule has 0 radical (unpaired) electrons. The average Bonchev–Trinajstić information content (AvgIpc) is 3.01. The number of nitrogens with zero attached hydrogens (tertiary/aromatic N) is 3. The lowest BCUT2D eigenvalue weighted by atomic mass is 10.1. The van der Waals surface area contributed by atoms with Gasteiger partial charge in [0.05, 0.1) is 6.20 Å². The van der Waals surface area contributed by atoms with Gasteiger partial charge in [-0.3, -0.25) is 0 Å². The number of rotatable bonds is 6. The highest BCUT2D eigenvalue weighted by Crippen LogP contribution is 2.25. The van der Waals surface area contributed by atoms with Gasteiger partial charge in [0.1, 0.15) is 0 Å². The summed E-state index contributed by atoms with van der Waals surface area (Å²) in [4.78, 5) is 4.48. The van der Waals surface area contributed by atoms with E-state index in [9.17, 15) is 13.2 Å². The molecular weight excluding hydrogens is 341 g/mol. The van der Waals surface area contributed by atoms with Crippen LogP contribution in [0.3, 0.4) is 0 Å². The Labute approximate surface area is 150 Å². The summed E-state index contributed by atoms with van der Waals surface area (Å²) in [6, 6.07) is 9.32. The van der Waals surface area contributed by atoms with Crippen LogP contribution in [0.25, 0.3) is 11.0 Å². The van der Waals surface area contributed by atoms with Crippen LogP contribution in [-0.2, 0) is 13.0 Å².